The van der Waals surface area contributed by atoms with Crippen LogP contribution >= 0.6 is 15.9 Å². The molecule has 0 fully saturated rings. The highest BCUT2D eigenvalue weighted by molar-refractivity contribution is 9.10. The number of hydrogen-bond donors (Lipinski definition) is 1. The zero-order chi connectivity index (χ0) is 8.59. The van der Waals surface area contributed by atoms with Crippen LogP contribution in [-0.4, -0.2) is 15.7 Å². The SMILES string of the molecule is Cc1c(Br)c(C(N)=O)nn1C. The Balaban J connectivity index is 3.29. The first kappa shape index (κ1) is 8.26. The normalized spacial score (nSPS) is 10.1. The average Bonchev–Trinajstić information content (AvgIpc) is 2.17. The van der Waals surface area contributed by atoms with E-state index in [1.807, 2.05) is 6.92 Å². The van der Waals surface area contributed by atoms with E-state index >= 15 is 0 Å². The van der Waals surface area contributed by atoms with E-state index in [0.29, 0.717) is 4.47 Å². The number of nitrogens with zero attached hydrogens (tertiary/aromatic N) is 2. The summed E-state index contributed by atoms with van der Waals surface area (Å²) in [7, 11) is 1.76. The number of nitrogens with two attached hydrogens (primary N) is 1. The van der Waals surface area contributed by atoms with Crippen LogP contribution in [0.5, 0.6) is 0 Å². The minimum Gasteiger partial charge on any atom is -0.364 e. The fraction of sp³-hybridized carbons (Fsp3) is 0.333. The number of hydrogen-bond acceptors (Lipinski definition) is 2. The predicted molar refractivity (Wildman–Crippen MR) is 44.2 cm³/mol. The smallest absolute Gasteiger partial charge is 0.270 e. The minimum absolute atomic E-state index is 0.282. The Labute approximate surface area is 72.5 Å². The number of primary amides is 1. The van der Waals surface area contributed by atoms with Crippen LogP contribution in [0, 0.1) is 6.92 Å². The number of carbonyl (C=O) groups excluding carboxylic acids is 1. The molecule has 1 rings (SSSR count). The summed E-state index contributed by atoms with van der Waals surface area (Å²) in [6.07, 6.45) is 0. The predicted octanol–water partition coefficient (Wildman–Crippen LogP) is 0.590. The molecule has 0 spiro atoms. The molecule has 5 heteroatoms. The van der Waals surface area contributed by atoms with Crippen molar-refractivity contribution >= 4 is 21.8 Å². The van der Waals surface area contributed by atoms with Crippen molar-refractivity contribution in [2.75, 3.05) is 0 Å². The van der Waals surface area contributed by atoms with Crippen LogP contribution in [-0.2, 0) is 7.05 Å². The maximum atomic E-state index is 10.7. The molecule has 1 aromatic heterocycles. The first-order valence-electron chi connectivity index (χ1n) is 3.03. The Hall–Kier alpha value is -0.840. The molecule has 4 nitrogen and oxygen atoms in total. The summed E-state index contributed by atoms with van der Waals surface area (Å²) in [4.78, 5) is 10.7. The van der Waals surface area contributed by atoms with Gasteiger partial charge in [0.15, 0.2) is 5.69 Å². The molecule has 11 heavy (non-hydrogen) atoms. The van der Waals surface area contributed by atoms with Crippen LogP contribution in [0.4, 0.5) is 0 Å². The van der Waals surface area contributed by atoms with Gasteiger partial charge in [-0.1, -0.05) is 0 Å². The fourth-order valence-corrected chi connectivity index (χ4v) is 1.27. The van der Waals surface area contributed by atoms with Crippen molar-refractivity contribution in [3.8, 4) is 0 Å². The van der Waals surface area contributed by atoms with Crippen LogP contribution in [0.15, 0.2) is 4.47 Å². The largest absolute Gasteiger partial charge is 0.364 e. The molecule has 0 aliphatic heterocycles. The molecule has 0 aliphatic rings. The lowest BCUT2D eigenvalue weighted by Gasteiger charge is -1.89. The molecule has 0 atom stereocenters. The van der Waals surface area contributed by atoms with Crippen molar-refractivity contribution in [2.45, 2.75) is 6.92 Å². The van der Waals surface area contributed by atoms with Gasteiger partial charge in [0.05, 0.1) is 10.2 Å². The summed E-state index contributed by atoms with van der Waals surface area (Å²) in [5.41, 5.74) is 6.22. The summed E-state index contributed by atoms with van der Waals surface area (Å²) < 4.78 is 2.27. The van der Waals surface area contributed by atoms with E-state index in [0.717, 1.165) is 5.69 Å². The molecule has 1 aromatic rings. The van der Waals surface area contributed by atoms with Gasteiger partial charge in [0.25, 0.3) is 5.91 Å². The van der Waals surface area contributed by atoms with Crippen molar-refractivity contribution < 1.29 is 4.79 Å². The van der Waals surface area contributed by atoms with E-state index in [4.69, 9.17) is 5.73 Å². The number of rotatable bonds is 1. The van der Waals surface area contributed by atoms with E-state index in [-0.39, 0.29) is 5.69 Å². The molecule has 0 bridgehead atoms. The first-order valence-corrected chi connectivity index (χ1v) is 3.82. The molecule has 0 radical (unpaired) electrons. The standard InChI is InChI=1S/C6H8BrN3O/c1-3-4(7)5(6(8)11)9-10(3)2/h1-2H3,(H2,8,11). The molecule has 0 aliphatic carbocycles. The Morgan fingerprint density at radius 2 is 2.27 bits per heavy atom. The summed E-state index contributed by atoms with van der Waals surface area (Å²) >= 11 is 3.22. The van der Waals surface area contributed by atoms with Crippen LogP contribution in [0.2, 0.25) is 0 Å². The van der Waals surface area contributed by atoms with Crippen molar-refractivity contribution in [2.24, 2.45) is 12.8 Å². The topological polar surface area (TPSA) is 60.9 Å². The summed E-state index contributed by atoms with van der Waals surface area (Å²) in [5.74, 6) is -0.513. The zero-order valence-corrected chi connectivity index (χ0v) is 7.84. The van der Waals surface area contributed by atoms with Gasteiger partial charge in [-0.3, -0.25) is 9.48 Å². The molecule has 0 aromatic carbocycles. The number of halogens is 1. The molecule has 1 amide bonds. The molecular weight excluding hydrogens is 210 g/mol. The third-order valence-corrected chi connectivity index (χ3v) is 2.44. The van der Waals surface area contributed by atoms with Crippen molar-refractivity contribution in [1.29, 1.82) is 0 Å². The van der Waals surface area contributed by atoms with E-state index in [2.05, 4.69) is 21.0 Å². The summed E-state index contributed by atoms with van der Waals surface area (Å²) in [5, 5.41) is 3.90. The highest BCUT2D eigenvalue weighted by atomic mass is 79.9. The van der Waals surface area contributed by atoms with Crippen LogP contribution in [0.3, 0.4) is 0 Å². The van der Waals surface area contributed by atoms with Crippen molar-refractivity contribution in [1.82, 2.24) is 9.78 Å². The van der Waals surface area contributed by atoms with Crippen molar-refractivity contribution in [3.05, 3.63) is 15.9 Å². The lowest BCUT2D eigenvalue weighted by molar-refractivity contribution is 0.0994. The molecule has 0 saturated heterocycles. The number of carbonyl (C=O) groups is 1. The number of aryl methyl sites for hydroxylation is 1. The lowest BCUT2D eigenvalue weighted by atomic mass is 10.4. The van der Waals surface area contributed by atoms with Gasteiger partial charge in [-0.2, -0.15) is 5.10 Å². The highest BCUT2D eigenvalue weighted by Gasteiger charge is 2.13. The van der Waals surface area contributed by atoms with Gasteiger partial charge >= 0.3 is 0 Å². The molecule has 2 N–H and O–H groups in total. The van der Waals surface area contributed by atoms with Crippen LogP contribution in [0.25, 0.3) is 0 Å². The quantitative estimate of drug-likeness (QED) is 0.749. The van der Waals surface area contributed by atoms with E-state index in [1.165, 1.54) is 0 Å². The van der Waals surface area contributed by atoms with Gasteiger partial charge in [-0.15, -0.1) is 0 Å². The van der Waals surface area contributed by atoms with Crippen molar-refractivity contribution in [3.63, 3.8) is 0 Å². The maximum Gasteiger partial charge on any atom is 0.270 e. The third kappa shape index (κ3) is 1.28. The Bertz CT molecular complexity index is 305. The second kappa shape index (κ2) is 2.65. The highest BCUT2D eigenvalue weighted by Crippen LogP contribution is 2.18. The average molecular weight is 218 g/mol. The minimum atomic E-state index is -0.513. The van der Waals surface area contributed by atoms with Gasteiger partial charge < -0.3 is 5.73 Å². The maximum absolute atomic E-state index is 10.7. The second-order valence-electron chi connectivity index (χ2n) is 2.24. The Morgan fingerprint density at radius 1 is 1.73 bits per heavy atom. The van der Waals surface area contributed by atoms with E-state index in [9.17, 15) is 4.79 Å². The molecule has 60 valence electrons. The van der Waals surface area contributed by atoms with Gasteiger partial charge in [-0.25, -0.2) is 0 Å². The molecular formula is C6H8BrN3O. The molecule has 1 heterocycles. The van der Waals surface area contributed by atoms with Gasteiger partial charge in [0.2, 0.25) is 0 Å². The van der Waals surface area contributed by atoms with Gasteiger partial charge in [0, 0.05) is 7.05 Å². The van der Waals surface area contributed by atoms with Gasteiger partial charge in [0.1, 0.15) is 0 Å². The number of aromatic nitrogens is 2. The van der Waals surface area contributed by atoms with E-state index in [1.54, 1.807) is 11.7 Å². The first-order chi connectivity index (χ1) is 5.04. The third-order valence-electron chi connectivity index (χ3n) is 1.49. The molecule has 0 unspecified atom stereocenters. The van der Waals surface area contributed by atoms with E-state index < -0.39 is 5.91 Å². The van der Waals surface area contributed by atoms with Gasteiger partial charge in [-0.05, 0) is 22.9 Å². The van der Waals surface area contributed by atoms with Crippen LogP contribution in [0.1, 0.15) is 16.2 Å². The Kier molecular flexibility index (Phi) is 1.99. The summed E-state index contributed by atoms with van der Waals surface area (Å²) in [6, 6.07) is 0. The summed E-state index contributed by atoms with van der Waals surface area (Å²) in [6.45, 7) is 1.85. The number of amides is 1. The second-order valence-corrected chi connectivity index (χ2v) is 3.03. The Morgan fingerprint density at radius 3 is 2.45 bits per heavy atom. The molecule has 0 saturated carbocycles. The monoisotopic (exact) mass is 217 g/mol. The van der Waals surface area contributed by atoms with Crippen LogP contribution < -0.4 is 5.73 Å². The lowest BCUT2D eigenvalue weighted by Crippen LogP contribution is -2.12. The zero-order valence-electron chi connectivity index (χ0n) is 6.26. The fourth-order valence-electron chi connectivity index (χ4n) is 0.740.